The lowest BCUT2D eigenvalue weighted by Crippen LogP contribution is -2.32. The Morgan fingerprint density at radius 1 is 1.50 bits per heavy atom. The average Bonchev–Trinajstić information content (AvgIpc) is 2.67. The van der Waals surface area contributed by atoms with Crippen LogP contribution in [-0.4, -0.2) is 30.5 Å². The Labute approximate surface area is 72.9 Å². The van der Waals surface area contributed by atoms with Crippen LogP contribution in [0.3, 0.4) is 0 Å². The van der Waals surface area contributed by atoms with E-state index < -0.39 is 0 Å². The van der Waals surface area contributed by atoms with Crippen LogP contribution in [0.1, 0.15) is 19.3 Å². The molecule has 3 nitrogen and oxygen atoms in total. The van der Waals surface area contributed by atoms with E-state index in [9.17, 15) is 0 Å². The van der Waals surface area contributed by atoms with Crippen molar-refractivity contribution in [3.63, 3.8) is 0 Å². The zero-order chi connectivity index (χ0) is 8.55. The summed E-state index contributed by atoms with van der Waals surface area (Å²) < 4.78 is 5.70. The minimum Gasteiger partial charge on any atom is -0.396 e. The van der Waals surface area contributed by atoms with Crippen molar-refractivity contribution in [3.8, 4) is 0 Å². The van der Waals surface area contributed by atoms with Gasteiger partial charge in [-0.2, -0.15) is 0 Å². The van der Waals surface area contributed by atoms with Gasteiger partial charge < -0.3 is 15.6 Å². The highest BCUT2D eigenvalue weighted by molar-refractivity contribution is 4.92. The second kappa shape index (κ2) is 3.32. The van der Waals surface area contributed by atoms with Gasteiger partial charge in [0.25, 0.3) is 0 Å². The van der Waals surface area contributed by atoms with E-state index in [1.54, 1.807) is 0 Å². The van der Waals surface area contributed by atoms with Crippen LogP contribution in [0.2, 0.25) is 0 Å². The summed E-state index contributed by atoms with van der Waals surface area (Å²) in [5.41, 5.74) is 5.58. The van der Waals surface area contributed by atoms with Crippen molar-refractivity contribution in [2.75, 3.05) is 13.2 Å². The molecule has 2 aliphatic rings. The van der Waals surface area contributed by atoms with Crippen LogP contribution in [0.4, 0.5) is 0 Å². The average molecular weight is 171 g/mol. The first-order chi connectivity index (χ1) is 5.85. The molecule has 3 N–H and O–H groups in total. The van der Waals surface area contributed by atoms with Crippen molar-refractivity contribution in [2.24, 2.45) is 17.6 Å². The molecule has 2 fully saturated rings. The molecule has 0 aromatic rings. The fourth-order valence-corrected chi connectivity index (χ4v) is 2.56. The van der Waals surface area contributed by atoms with Gasteiger partial charge in [-0.3, -0.25) is 0 Å². The molecule has 0 spiro atoms. The summed E-state index contributed by atoms with van der Waals surface area (Å²) in [6.07, 6.45) is 4.37. The Hall–Kier alpha value is -0.120. The quantitative estimate of drug-likeness (QED) is 0.634. The van der Waals surface area contributed by atoms with Crippen molar-refractivity contribution in [3.05, 3.63) is 0 Å². The second-order valence-electron chi connectivity index (χ2n) is 3.95. The van der Waals surface area contributed by atoms with E-state index in [-0.39, 0.29) is 12.5 Å². The van der Waals surface area contributed by atoms with Crippen LogP contribution in [0.25, 0.3) is 0 Å². The monoisotopic (exact) mass is 171 g/mol. The zero-order valence-electron chi connectivity index (χ0n) is 7.28. The first-order valence-electron chi connectivity index (χ1n) is 4.81. The highest BCUT2D eigenvalue weighted by Crippen LogP contribution is 2.41. The van der Waals surface area contributed by atoms with Crippen molar-refractivity contribution in [1.82, 2.24) is 0 Å². The van der Waals surface area contributed by atoms with Gasteiger partial charge in [0, 0.05) is 6.61 Å². The Kier molecular flexibility index (Phi) is 2.35. The van der Waals surface area contributed by atoms with Gasteiger partial charge in [-0.15, -0.1) is 0 Å². The predicted octanol–water partition coefficient (Wildman–Crippen LogP) is 0.121. The molecule has 0 amide bonds. The summed E-state index contributed by atoms with van der Waals surface area (Å²) in [6.45, 7) is 0.807. The molecule has 0 aliphatic carbocycles. The maximum atomic E-state index is 9.08. The molecule has 70 valence electrons. The molecule has 0 aromatic carbocycles. The first kappa shape index (κ1) is 8.48. The number of aliphatic hydroxyl groups is 1. The third-order valence-electron chi connectivity index (χ3n) is 3.30. The van der Waals surface area contributed by atoms with Crippen molar-refractivity contribution < 1.29 is 9.84 Å². The van der Waals surface area contributed by atoms with Crippen molar-refractivity contribution >= 4 is 0 Å². The molecule has 0 radical (unpaired) electrons. The first-order valence-corrected chi connectivity index (χ1v) is 4.81. The molecule has 0 aromatic heterocycles. The Bertz CT molecular complexity index is 159. The summed E-state index contributed by atoms with van der Waals surface area (Å²) in [4.78, 5) is 0. The smallest absolute Gasteiger partial charge is 0.0612 e. The lowest BCUT2D eigenvalue weighted by atomic mass is 9.80. The van der Waals surface area contributed by atoms with E-state index in [1.807, 2.05) is 0 Å². The molecular formula is C9H17NO2. The highest BCUT2D eigenvalue weighted by Gasteiger charge is 2.43. The molecule has 2 bridgehead atoms. The lowest BCUT2D eigenvalue weighted by Gasteiger charge is -2.25. The van der Waals surface area contributed by atoms with E-state index in [2.05, 4.69) is 0 Å². The van der Waals surface area contributed by atoms with Gasteiger partial charge in [-0.25, -0.2) is 0 Å². The van der Waals surface area contributed by atoms with Gasteiger partial charge in [-0.1, -0.05) is 0 Å². The van der Waals surface area contributed by atoms with Gasteiger partial charge in [0.1, 0.15) is 0 Å². The Morgan fingerprint density at radius 2 is 2.33 bits per heavy atom. The molecule has 2 heterocycles. The van der Waals surface area contributed by atoms with Gasteiger partial charge in [0.15, 0.2) is 0 Å². The molecule has 4 unspecified atom stereocenters. The molecule has 0 saturated carbocycles. The molecule has 2 aliphatic heterocycles. The number of hydrogen-bond acceptors (Lipinski definition) is 3. The number of fused-ring (bicyclic) bond motifs is 2. The normalized spacial score (nSPS) is 42.0. The standard InChI is InChI=1S/C9H17NO2/c10-4-6(5-11)8-3-7-1-2-9(8)12-7/h6-9,11H,1-5,10H2. The van der Waals surface area contributed by atoms with Gasteiger partial charge in [0.05, 0.1) is 12.2 Å². The molecule has 2 saturated heterocycles. The lowest BCUT2D eigenvalue weighted by molar-refractivity contribution is 0.0713. The summed E-state index contributed by atoms with van der Waals surface area (Å²) in [7, 11) is 0. The Morgan fingerprint density at radius 3 is 2.75 bits per heavy atom. The number of rotatable bonds is 3. The van der Waals surface area contributed by atoms with E-state index >= 15 is 0 Å². The van der Waals surface area contributed by atoms with Crippen LogP contribution in [0.5, 0.6) is 0 Å². The fourth-order valence-electron chi connectivity index (χ4n) is 2.56. The maximum Gasteiger partial charge on any atom is 0.0612 e. The Balaban J connectivity index is 1.96. The van der Waals surface area contributed by atoms with Crippen molar-refractivity contribution in [1.29, 1.82) is 0 Å². The predicted molar refractivity (Wildman–Crippen MR) is 45.6 cm³/mol. The largest absolute Gasteiger partial charge is 0.396 e. The molecule has 2 rings (SSSR count). The van der Waals surface area contributed by atoms with E-state index in [0.29, 0.717) is 24.7 Å². The number of ether oxygens (including phenoxy) is 1. The van der Waals surface area contributed by atoms with Crippen LogP contribution in [0.15, 0.2) is 0 Å². The number of aliphatic hydroxyl groups excluding tert-OH is 1. The highest BCUT2D eigenvalue weighted by atomic mass is 16.5. The van der Waals surface area contributed by atoms with Gasteiger partial charge in [-0.05, 0) is 37.6 Å². The third-order valence-corrected chi connectivity index (χ3v) is 3.30. The fraction of sp³-hybridized carbons (Fsp3) is 1.00. The summed E-state index contributed by atoms with van der Waals surface area (Å²) in [5, 5.41) is 9.08. The maximum absolute atomic E-state index is 9.08. The van der Waals surface area contributed by atoms with Crippen LogP contribution < -0.4 is 5.73 Å². The number of hydrogen-bond donors (Lipinski definition) is 2. The van der Waals surface area contributed by atoms with E-state index in [4.69, 9.17) is 15.6 Å². The van der Waals surface area contributed by atoms with Crippen LogP contribution in [-0.2, 0) is 4.74 Å². The topological polar surface area (TPSA) is 55.5 Å². The molecule has 3 heteroatoms. The summed E-state index contributed by atoms with van der Waals surface area (Å²) in [5.74, 6) is 0.791. The molecule has 12 heavy (non-hydrogen) atoms. The second-order valence-corrected chi connectivity index (χ2v) is 3.95. The zero-order valence-corrected chi connectivity index (χ0v) is 7.28. The van der Waals surface area contributed by atoms with E-state index in [0.717, 1.165) is 6.42 Å². The van der Waals surface area contributed by atoms with Crippen LogP contribution in [0, 0.1) is 11.8 Å². The SMILES string of the molecule is NCC(CO)C1CC2CCC1O2. The van der Waals surface area contributed by atoms with Crippen molar-refractivity contribution in [2.45, 2.75) is 31.5 Å². The molecular weight excluding hydrogens is 154 g/mol. The van der Waals surface area contributed by atoms with Gasteiger partial charge in [0.2, 0.25) is 0 Å². The number of nitrogens with two attached hydrogens (primary N) is 1. The minimum absolute atomic E-state index is 0.216. The third kappa shape index (κ3) is 1.26. The van der Waals surface area contributed by atoms with Crippen LogP contribution >= 0.6 is 0 Å². The molecule has 4 atom stereocenters. The van der Waals surface area contributed by atoms with E-state index in [1.165, 1.54) is 12.8 Å². The van der Waals surface area contributed by atoms with Gasteiger partial charge >= 0.3 is 0 Å². The summed E-state index contributed by atoms with van der Waals surface area (Å²) in [6, 6.07) is 0. The minimum atomic E-state index is 0.216. The summed E-state index contributed by atoms with van der Waals surface area (Å²) >= 11 is 0.